The number of hydrogen-bond donors (Lipinski definition) is 3. The van der Waals surface area contributed by atoms with Crippen molar-refractivity contribution in [1.29, 1.82) is 0 Å². The highest BCUT2D eigenvalue weighted by molar-refractivity contribution is 5.70. The fourth-order valence-electron chi connectivity index (χ4n) is 5.65. The summed E-state index contributed by atoms with van der Waals surface area (Å²) in [6.07, 6.45) is 44.7. The summed E-state index contributed by atoms with van der Waals surface area (Å²) in [6, 6.07) is 0. The Labute approximate surface area is 324 Å². The van der Waals surface area contributed by atoms with Gasteiger partial charge in [-0.3, -0.25) is 9.59 Å². The van der Waals surface area contributed by atoms with Crippen molar-refractivity contribution in [3.8, 4) is 0 Å². The molecule has 0 spiro atoms. The van der Waals surface area contributed by atoms with Gasteiger partial charge in [-0.15, -0.1) is 0 Å². The maximum absolute atomic E-state index is 12.2. The Morgan fingerprint density at radius 1 is 0.585 bits per heavy atom. The molecule has 53 heavy (non-hydrogen) atoms. The molecule has 3 atom stereocenters. The smallest absolute Gasteiger partial charge is 0.306 e. The van der Waals surface area contributed by atoms with E-state index in [-0.39, 0.29) is 25.6 Å². The Kier molecular flexibility index (Phi) is 37.0. The number of esters is 2. The van der Waals surface area contributed by atoms with E-state index in [4.69, 9.17) is 9.47 Å². The van der Waals surface area contributed by atoms with Crippen molar-refractivity contribution < 1.29 is 34.4 Å². The van der Waals surface area contributed by atoms with Crippen LogP contribution < -0.4 is 0 Å². The molecule has 0 fully saturated rings. The number of hydrogen-bond acceptors (Lipinski definition) is 7. The van der Waals surface area contributed by atoms with E-state index in [1.165, 1.54) is 83.5 Å². The van der Waals surface area contributed by atoms with E-state index in [9.17, 15) is 24.9 Å². The zero-order valence-corrected chi connectivity index (χ0v) is 33.9. The lowest BCUT2D eigenvalue weighted by atomic mass is 10.0. The maximum atomic E-state index is 12.2. The Balaban J connectivity index is 3.78. The summed E-state index contributed by atoms with van der Waals surface area (Å²) in [4.78, 5) is 24.3. The van der Waals surface area contributed by atoms with Crippen molar-refractivity contribution in [2.75, 3.05) is 13.2 Å². The lowest BCUT2D eigenvalue weighted by Gasteiger charge is -2.15. The number of aliphatic hydroxyl groups is 3. The molecular formula is C46H78O7. The molecule has 0 aliphatic carbocycles. The lowest BCUT2D eigenvalue weighted by Crippen LogP contribution is -2.28. The van der Waals surface area contributed by atoms with Crippen LogP contribution in [-0.4, -0.2) is 58.8 Å². The second-order valence-corrected chi connectivity index (χ2v) is 14.6. The number of aliphatic hydroxyl groups excluding tert-OH is 3. The summed E-state index contributed by atoms with van der Waals surface area (Å²) < 4.78 is 10.5. The van der Waals surface area contributed by atoms with Crippen molar-refractivity contribution in [3.63, 3.8) is 0 Å². The zero-order chi connectivity index (χ0) is 39.0. The summed E-state index contributed by atoms with van der Waals surface area (Å²) >= 11 is 0. The molecule has 0 bridgehead atoms. The molecule has 7 nitrogen and oxygen atoms in total. The average molecular weight is 743 g/mol. The van der Waals surface area contributed by atoms with Crippen LogP contribution in [-0.2, 0) is 19.1 Å². The van der Waals surface area contributed by atoms with Gasteiger partial charge in [0.2, 0.25) is 0 Å². The topological polar surface area (TPSA) is 113 Å². The van der Waals surface area contributed by atoms with E-state index in [0.717, 1.165) is 31.6 Å². The minimum absolute atomic E-state index is 0.144. The fourth-order valence-corrected chi connectivity index (χ4v) is 5.65. The Morgan fingerprint density at radius 3 is 1.58 bits per heavy atom. The van der Waals surface area contributed by atoms with Gasteiger partial charge in [0.15, 0.2) is 6.10 Å². The fraction of sp³-hybridized carbons (Fsp3) is 0.696. The highest BCUT2D eigenvalue weighted by Gasteiger charge is 2.16. The molecule has 0 unspecified atom stereocenters. The zero-order valence-electron chi connectivity index (χ0n) is 33.9. The standard InChI is InChI=1S/C46H78O7/c1-4-5-25-33-42(48)35-28-23-24-29-36-43(49)34-27-20-17-18-21-30-37-45(50)52-40-44(39-47)53-46(51)38-31-22-16-14-12-10-8-6-7-9-11-13-15-19-26-32-41(2)3/h5,18,20-21,23-25,27-29,35-36,41-44,47-49H,4,6-17,19,22,26,30-34,37-40H2,1-3H3/b21-18-,24-23-,25-5-,27-20-,35-28+,36-29+/t42-,43+,44+/m1/s1. The van der Waals surface area contributed by atoms with Gasteiger partial charge in [-0.2, -0.15) is 0 Å². The molecule has 0 amide bonds. The molecule has 0 aliphatic rings. The Morgan fingerprint density at radius 2 is 1.08 bits per heavy atom. The van der Waals surface area contributed by atoms with Crippen molar-refractivity contribution in [2.24, 2.45) is 5.92 Å². The first-order valence-electron chi connectivity index (χ1n) is 21.1. The van der Waals surface area contributed by atoms with Gasteiger partial charge in [0.1, 0.15) is 6.61 Å². The molecule has 0 heterocycles. The quantitative estimate of drug-likeness (QED) is 0.0253. The summed E-state index contributed by atoms with van der Waals surface area (Å²) in [7, 11) is 0. The second kappa shape index (κ2) is 39.0. The van der Waals surface area contributed by atoms with Gasteiger partial charge in [0.25, 0.3) is 0 Å². The van der Waals surface area contributed by atoms with Crippen molar-refractivity contribution >= 4 is 11.9 Å². The molecule has 3 N–H and O–H groups in total. The van der Waals surface area contributed by atoms with Crippen LogP contribution in [0.4, 0.5) is 0 Å². The predicted molar refractivity (Wildman–Crippen MR) is 221 cm³/mol. The first kappa shape index (κ1) is 50.3. The highest BCUT2D eigenvalue weighted by Crippen LogP contribution is 2.15. The van der Waals surface area contributed by atoms with Crippen LogP contribution in [0.25, 0.3) is 0 Å². The van der Waals surface area contributed by atoms with E-state index in [1.807, 2.05) is 48.6 Å². The van der Waals surface area contributed by atoms with Crippen LogP contribution in [0.1, 0.15) is 168 Å². The van der Waals surface area contributed by atoms with Gasteiger partial charge in [-0.05, 0) is 44.4 Å². The van der Waals surface area contributed by atoms with Gasteiger partial charge in [0, 0.05) is 12.8 Å². The van der Waals surface area contributed by atoms with Gasteiger partial charge < -0.3 is 24.8 Å². The van der Waals surface area contributed by atoms with E-state index >= 15 is 0 Å². The van der Waals surface area contributed by atoms with Crippen LogP contribution in [0.3, 0.4) is 0 Å². The number of allylic oxidation sites excluding steroid dienone is 8. The molecule has 0 aromatic rings. The van der Waals surface area contributed by atoms with E-state index in [1.54, 1.807) is 24.3 Å². The minimum atomic E-state index is -0.836. The largest absolute Gasteiger partial charge is 0.462 e. The number of rotatable bonds is 36. The first-order chi connectivity index (χ1) is 25.8. The third-order valence-corrected chi connectivity index (χ3v) is 8.87. The molecule has 0 rings (SSSR count). The van der Waals surface area contributed by atoms with E-state index in [0.29, 0.717) is 32.1 Å². The normalized spacial score (nSPS) is 14.2. The molecule has 0 radical (unpaired) electrons. The van der Waals surface area contributed by atoms with E-state index < -0.39 is 24.3 Å². The first-order valence-corrected chi connectivity index (χ1v) is 21.1. The van der Waals surface area contributed by atoms with Crippen molar-refractivity contribution in [3.05, 3.63) is 72.9 Å². The third-order valence-electron chi connectivity index (χ3n) is 8.87. The van der Waals surface area contributed by atoms with Crippen LogP contribution in [0.15, 0.2) is 72.9 Å². The van der Waals surface area contributed by atoms with Crippen LogP contribution in [0.2, 0.25) is 0 Å². The minimum Gasteiger partial charge on any atom is -0.462 e. The van der Waals surface area contributed by atoms with Gasteiger partial charge in [0.05, 0.1) is 18.8 Å². The van der Waals surface area contributed by atoms with Crippen molar-refractivity contribution in [1.82, 2.24) is 0 Å². The average Bonchev–Trinajstić information content (AvgIpc) is 3.13. The Bertz CT molecular complexity index is 1020. The number of carbonyl (C=O) groups is 2. The number of carbonyl (C=O) groups excluding carboxylic acids is 2. The molecule has 0 saturated carbocycles. The number of unbranched alkanes of at least 4 members (excludes halogenated alkanes) is 14. The second-order valence-electron chi connectivity index (χ2n) is 14.6. The molecular weight excluding hydrogens is 664 g/mol. The SMILES string of the molecule is CC/C=C\C[C@@H](O)/C=C/C=C\C=C\[C@@H](O)C/C=C\C/C=C\CCC(=O)OC[C@H](CO)OC(=O)CCCCCCCCCCCCCCCCCC(C)C. The predicted octanol–water partition coefficient (Wildman–Crippen LogP) is 11.1. The summed E-state index contributed by atoms with van der Waals surface area (Å²) in [5.41, 5.74) is 0. The van der Waals surface area contributed by atoms with E-state index in [2.05, 4.69) is 20.8 Å². The van der Waals surface area contributed by atoms with Crippen LogP contribution >= 0.6 is 0 Å². The van der Waals surface area contributed by atoms with Gasteiger partial charge >= 0.3 is 11.9 Å². The van der Waals surface area contributed by atoms with Crippen molar-refractivity contribution in [2.45, 2.75) is 187 Å². The monoisotopic (exact) mass is 743 g/mol. The van der Waals surface area contributed by atoms with Crippen LogP contribution in [0, 0.1) is 5.92 Å². The van der Waals surface area contributed by atoms with Gasteiger partial charge in [-0.25, -0.2) is 0 Å². The molecule has 0 aromatic carbocycles. The molecule has 7 heteroatoms. The Hall–Kier alpha value is -2.74. The maximum Gasteiger partial charge on any atom is 0.306 e. The molecule has 0 saturated heterocycles. The number of ether oxygens (including phenoxy) is 2. The van der Waals surface area contributed by atoms with Gasteiger partial charge in [-0.1, -0.05) is 190 Å². The summed E-state index contributed by atoms with van der Waals surface area (Å²) in [5, 5.41) is 29.4. The summed E-state index contributed by atoms with van der Waals surface area (Å²) in [6.45, 7) is 6.15. The highest BCUT2D eigenvalue weighted by atomic mass is 16.6. The summed E-state index contributed by atoms with van der Waals surface area (Å²) in [5.74, 6) is 0.0836. The third kappa shape index (κ3) is 38.8. The molecule has 304 valence electrons. The van der Waals surface area contributed by atoms with Crippen LogP contribution in [0.5, 0.6) is 0 Å². The molecule has 0 aliphatic heterocycles. The molecule has 0 aromatic heterocycles. The lowest BCUT2D eigenvalue weighted by molar-refractivity contribution is -0.161.